The summed E-state index contributed by atoms with van der Waals surface area (Å²) >= 11 is 0. The second-order valence-corrected chi connectivity index (χ2v) is 4.17. The van der Waals surface area contributed by atoms with E-state index in [1.54, 1.807) is 0 Å². The second-order valence-electron chi connectivity index (χ2n) is 4.17. The first-order valence-electron chi connectivity index (χ1n) is 5.83. The summed E-state index contributed by atoms with van der Waals surface area (Å²) in [7, 11) is 2.12. The summed E-state index contributed by atoms with van der Waals surface area (Å²) in [5.41, 5.74) is 3.28. The van der Waals surface area contributed by atoms with E-state index in [0.717, 1.165) is 0 Å². The standard InChI is InChI=1S/C11H24N2/c1-3-4-5-6-7-8-9-10-11-12-13(11)2/h11-12H,3-10H2,1-2H3. The van der Waals surface area contributed by atoms with Gasteiger partial charge in [0.2, 0.25) is 0 Å². The molecule has 2 atom stereocenters. The Hall–Kier alpha value is -0.0800. The first-order chi connectivity index (χ1) is 6.34. The highest BCUT2D eigenvalue weighted by atomic mass is 15.7. The maximum atomic E-state index is 3.28. The van der Waals surface area contributed by atoms with E-state index >= 15 is 0 Å². The third-order valence-electron chi connectivity index (χ3n) is 2.83. The normalized spacial score (nSPS) is 26.3. The molecular formula is C11H24N2. The first kappa shape index (κ1) is 11.0. The Morgan fingerprint density at radius 2 is 1.54 bits per heavy atom. The van der Waals surface area contributed by atoms with Gasteiger partial charge in [-0.2, -0.15) is 0 Å². The van der Waals surface area contributed by atoms with Crippen molar-refractivity contribution in [2.45, 2.75) is 64.5 Å². The van der Waals surface area contributed by atoms with Crippen LogP contribution in [0.2, 0.25) is 0 Å². The van der Waals surface area contributed by atoms with Crippen molar-refractivity contribution in [3.05, 3.63) is 0 Å². The van der Waals surface area contributed by atoms with Gasteiger partial charge in [0.25, 0.3) is 0 Å². The fraction of sp³-hybridized carbons (Fsp3) is 1.00. The highest BCUT2D eigenvalue weighted by Crippen LogP contribution is 2.15. The molecule has 0 aromatic rings. The van der Waals surface area contributed by atoms with Gasteiger partial charge in [-0.25, -0.2) is 10.4 Å². The molecule has 1 heterocycles. The van der Waals surface area contributed by atoms with E-state index in [1.165, 1.54) is 51.4 Å². The van der Waals surface area contributed by atoms with Crippen molar-refractivity contribution >= 4 is 0 Å². The van der Waals surface area contributed by atoms with Gasteiger partial charge in [-0.1, -0.05) is 51.9 Å². The van der Waals surface area contributed by atoms with Crippen LogP contribution in [0.3, 0.4) is 0 Å². The lowest BCUT2D eigenvalue weighted by atomic mass is 10.1. The molecule has 0 amide bonds. The van der Waals surface area contributed by atoms with Gasteiger partial charge in [0.1, 0.15) is 0 Å². The van der Waals surface area contributed by atoms with Crippen LogP contribution in [0, 0.1) is 0 Å². The lowest BCUT2D eigenvalue weighted by Gasteiger charge is -1.99. The number of rotatable bonds is 8. The Balaban J connectivity index is 1.69. The predicted octanol–water partition coefficient (Wildman–Crippen LogP) is 2.90. The molecule has 0 aromatic heterocycles. The van der Waals surface area contributed by atoms with Crippen LogP contribution in [0.1, 0.15) is 58.3 Å². The van der Waals surface area contributed by atoms with Crippen molar-refractivity contribution in [3.63, 3.8) is 0 Å². The molecule has 0 spiro atoms. The van der Waals surface area contributed by atoms with E-state index in [4.69, 9.17) is 0 Å². The van der Waals surface area contributed by atoms with Crippen LogP contribution >= 0.6 is 0 Å². The van der Waals surface area contributed by atoms with Crippen LogP contribution in [0.25, 0.3) is 0 Å². The van der Waals surface area contributed by atoms with Gasteiger partial charge in [0.15, 0.2) is 0 Å². The van der Waals surface area contributed by atoms with Crippen LogP contribution in [-0.4, -0.2) is 18.2 Å². The molecule has 78 valence electrons. The van der Waals surface area contributed by atoms with Crippen LogP contribution in [0.4, 0.5) is 0 Å². The molecule has 2 unspecified atom stereocenters. The fourth-order valence-electron chi connectivity index (χ4n) is 1.75. The predicted molar refractivity (Wildman–Crippen MR) is 57.3 cm³/mol. The number of hydrogen-bond acceptors (Lipinski definition) is 2. The topological polar surface area (TPSA) is 25.0 Å². The van der Waals surface area contributed by atoms with Crippen molar-refractivity contribution in [1.29, 1.82) is 0 Å². The van der Waals surface area contributed by atoms with Crippen molar-refractivity contribution in [2.24, 2.45) is 0 Å². The van der Waals surface area contributed by atoms with Crippen molar-refractivity contribution in [3.8, 4) is 0 Å². The maximum Gasteiger partial charge on any atom is 0.0860 e. The molecule has 0 aliphatic carbocycles. The van der Waals surface area contributed by atoms with Crippen molar-refractivity contribution in [1.82, 2.24) is 10.4 Å². The SMILES string of the molecule is CCCCCCCCCC1NN1C. The van der Waals surface area contributed by atoms with Crippen LogP contribution in [0.15, 0.2) is 0 Å². The molecular weight excluding hydrogens is 160 g/mol. The van der Waals surface area contributed by atoms with Gasteiger partial charge in [-0.15, -0.1) is 0 Å². The summed E-state index contributed by atoms with van der Waals surface area (Å²) in [5, 5.41) is 2.19. The van der Waals surface area contributed by atoms with Crippen molar-refractivity contribution < 1.29 is 0 Å². The van der Waals surface area contributed by atoms with Crippen molar-refractivity contribution in [2.75, 3.05) is 7.05 Å². The van der Waals surface area contributed by atoms with Gasteiger partial charge in [0, 0.05) is 7.05 Å². The van der Waals surface area contributed by atoms with E-state index in [9.17, 15) is 0 Å². The summed E-state index contributed by atoms with van der Waals surface area (Å²) in [6, 6.07) is 0. The smallest absolute Gasteiger partial charge is 0.0860 e. The van der Waals surface area contributed by atoms with E-state index < -0.39 is 0 Å². The average Bonchev–Trinajstić information content (AvgIpc) is 2.81. The zero-order chi connectivity index (χ0) is 9.52. The quantitative estimate of drug-likeness (QED) is 0.463. The summed E-state index contributed by atoms with van der Waals surface area (Å²) in [4.78, 5) is 0. The summed E-state index contributed by atoms with van der Waals surface area (Å²) in [6.07, 6.45) is 12.0. The zero-order valence-electron chi connectivity index (χ0n) is 9.18. The van der Waals surface area contributed by atoms with E-state index in [0.29, 0.717) is 6.17 Å². The molecule has 1 rings (SSSR count). The molecule has 1 N–H and O–H groups in total. The van der Waals surface area contributed by atoms with Gasteiger partial charge < -0.3 is 0 Å². The third-order valence-corrected chi connectivity index (χ3v) is 2.83. The number of unbranched alkanes of at least 4 members (excludes halogenated alkanes) is 6. The molecule has 0 bridgehead atoms. The molecule has 2 heteroatoms. The van der Waals surface area contributed by atoms with E-state index in [2.05, 4.69) is 24.4 Å². The van der Waals surface area contributed by atoms with Crippen LogP contribution in [-0.2, 0) is 0 Å². The Morgan fingerprint density at radius 3 is 2.08 bits per heavy atom. The third kappa shape index (κ3) is 5.27. The monoisotopic (exact) mass is 184 g/mol. The highest BCUT2D eigenvalue weighted by Gasteiger charge is 2.27. The van der Waals surface area contributed by atoms with Crippen LogP contribution in [0.5, 0.6) is 0 Å². The average molecular weight is 184 g/mol. The summed E-state index contributed by atoms with van der Waals surface area (Å²) in [5.74, 6) is 0. The molecule has 1 aliphatic heterocycles. The lowest BCUT2D eigenvalue weighted by Crippen LogP contribution is -1.93. The number of nitrogens with one attached hydrogen (secondary N) is 1. The molecule has 1 saturated heterocycles. The summed E-state index contributed by atoms with van der Waals surface area (Å²) in [6.45, 7) is 2.27. The minimum absolute atomic E-state index is 0.704. The van der Waals surface area contributed by atoms with Gasteiger partial charge in [0.05, 0.1) is 6.17 Å². The largest absolute Gasteiger partial charge is 0.235 e. The van der Waals surface area contributed by atoms with Gasteiger partial charge in [-0.3, -0.25) is 0 Å². The maximum absolute atomic E-state index is 3.28. The van der Waals surface area contributed by atoms with E-state index in [1.807, 2.05) is 0 Å². The fourth-order valence-corrected chi connectivity index (χ4v) is 1.75. The molecule has 0 saturated carbocycles. The van der Waals surface area contributed by atoms with Gasteiger partial charge in [-0.05, 0) is 6.42 Å². The molecule has 0 aromatic carbocycles. The highest BCUT2D eigenvalue weighted by molar-refractivity contribution is 4.73. The molecule has 1 fully saturated rings. The minimum atomic E-state index is 0.704. The first-order valence-corrected chi connectivity index (χ1v) is 5.83. The number of nitrogens with zero attached hydrogens (tertiary/aromatic N) is 1. The summed E-state index contributed by atoms with van der Waals surface area (Å²) < 4.78 is 0. The van der Waals surface area contributed by atoms with Crippen LogP contribution < -0.4 is 5.43 Å². The Bertz CT molecular complexity index is 125. The van der Waals surface area contributed by atoms with Gasteiger partial charge >= 0.3 is 0 Å². The Kier molecular flexibility index (Phi) is 5.40. The molecule has 13 heavy (non-hydrogen) atoms. The Labute approximate surface area is 82.7 Å². The Morgan fingerprint density at radius 1 is 1.00 bits per heavy atom. The number of hydrogen-bond donors (Lipinski definition) is 1. The second kappa shape index (κ2) is 6.39. The molecule has 1 aliphatic rings. The molecule has 2 nitrogen and oxygen atoms in total. The molecule has 0 radical (unpaired) electrons. The number of hydrazine groups is 1. The minimum Gasteiger partial charge on any atom is -0.235 e. The lowest BCUT2D eigenvalue weighted by molar-refractivity contribution is 0.529. The zero-order valence-corrected chi connectivity index (χ0v) is 9.18. The van der Waals surface area contributed by atoms with E-state index in [-0.39, 0.29) is 0 Å².